The number of urea groups is 1. The van der Waals surface area contributed by atoms with Gasteiger partial charge in [0.15, 0.2) is 9.92 Å². The summed E-state index contributed by atoms with van der Waals surface area (Å²) >= 11 is 0.918. The molecule has 160 valence electrons. The van der Waals surface area contributed by atoms with Crippen LogP contribution in [0.3, 0.4) is 0 Å². The average Bonchev–Trinajstić information content (AvgIpc) is 3.04. The van der Waals surface area contributed by atoms with Crippen LogP contribution >= 0.6 is 11.3 Å². The quantitative estimate of drug-likeness (QED) is 0.622. The molecule has 0 saturated heterocycles. The number of halogens is 1. The number of aliphatic hydroxyl groups is 1. The first kappa shape index (κ1) is 23.4. The van der Waals surface area contributed by atoms with Crippen LogP contribution in [0.25, 0.3) is 0 Å². The van der Waals surface area contributed by atoms with E-state index >= 15 is 0 Å². The second-order valence-corrected chi connectivity index (χ2v) is 10.9. The molecule has 4 N–H and O–H groups in total. The van der Waals surface area contributed by atoms with Gasteiger partial charge >= 0.3 is 6.03 Å². The van der Waals surface area contributed by atoms with Crippen LogP contribution in [0.2, 0.25) is 0 Å². The minimum absolute atomic E-state index is 0.0153. The number of nitrogens with zero attached hydrogens (tertiary/aromatic N) is 2. The molecule has 29 heavy (non-hydrogen) atoms. The Bertz CT molecular complexity index is 1030. The fourth-order valence-electron chi connectivity index (χ4n) is 2.77. The van der Waals surface area contributed by atoms with E-state index in [1.165, 1.54) is 26.1 Å². The zero-order chi connectivity index (χ0) is 22.1. The Balaban J connectivity index is 2.46. The van der Waals surface area contributed by atoms with Gasteiger partial charge in [-0.15, -0.1) is 15.7 Å². The largest absolute Gasteiger partial charge is 0.383 e. The molecule has 0 aliphatic carbocycles. The van der Waals surface area contributed by atoms with Gasteiger partial charge in [0.1, 0.15) is 20.6 Å². The van der Waals surface area contributed by atoms with E-state index in [-0.39, 0.29) is 16.0 Å². The normalized spacial score (nSPS) is 14.2. The first-order chi connectivity index (χ1) is 13.2. The molecule has 0 aliphatic heterocycles. The van der Waals surface area contributed by atoms with Gasteiger partial charge < -0.3 is 10.4 Å². The number of amides is 2. The molecule has 1 aromatic carbocycles. The number of carbonyl (C=O) groups is 1. The van der Waals surface area contributed by atoms with Crippen molar-refractivity contribution in [3.8, 4) is 0 Å². The number of rotatable bonds is 5. The number of anilines is 1. The molecule has 0 bridgehead atoms. The molecule has 0 aliphatic rings. The molecule has 2 rings (SSSR count). The Labute approximate surface area is 174 Å². The molecule has 0 fully saturated rings. The SMILES string of the molecule is CC(C)c1ccc(F)c(C(C)C)c1NC(=O)N=[S@](N)(=O)c1cnc(C(C)(C)O)s1. The molecular weight excluding hydrogens is 415 g/mol. The maximum absolute atomic E-state index is 14.4. The van der Waals surface area contributed by atoms with Gasteiger partial charge in [-0.05, 0) is 37.3 Å². The molecule has 1 atom stereocenters. The Hall–Kier alpha value is -1.88. The van der Waals surface area contributed by atoms with E-state index in [1.54, 1.807) is 6.07 Å². The van der Waals surface area contributed by atoms with Crippen molar-refractivity contribution in [3.05, 3.63) is 40.3 Å². The molecule has 7 nitrogen and oxygen atoms in total. The number of hydrogen-bond donors (Lipinski definition) is 3. The number of hydrogen-bond acceptors (Lipinski definition) is 5. The molecule has 2 amide bonds. The smallest absolute Gasteiger partial charge is 0.354 e. The number of nitrogens with two attached hydrogens (primary N) is 1. The maximum atomic E-state index is 14.4. The minimum atomic E-state index is -3.58. The second-order valence-electron chi connectivity index (χ2n) is 7.87. The summed E-state index contributed by atoms with van der Waals surface area (Å²) < 4.78 is 30.9. The van der Waals surface area contributed by atoms with Crippen molar-refractivity contribution in [2.24, 2.45) is 9.50 Å². The highest BCUT2D eigenvalue weighted by Crippen LogP contribution is 2.35. The van der Waals surface area contributed by atoms with Gasteiger partial charge in [-0.1, -0.05) is 33.8 Å². The summed E-state index contributed by atoms with van der Waals surface area (Å²) in [5.74, 6) is -0.617. The number of nitrogens with one attached hydrogen (secondary N) is 1. The molecule has 10 heteroatoms. The fraction of sp³-hybridized carbons (Fsp3) is 0.474. The van der Waals surface area contributed by atoms with Gasteiger partial charge in [0.05, 0.1) is 11.9 Å². The van der Waals surface area contributed by atoms with E-state index in [0.717, 1.165) is 16.9 Å². The minimum Gasteiger partial charge on any atom is -0.383 e. The van der Waals surface area contributed by atoms with Crippen molar-refractivity contribution in [1.29, 1.82) is 0 Å². The van der Waals surface area contributed by atoms with Crippen LogP contribution in [0, 0.1) is 5.82 Å². The van der Waals surface area contributed by atoms with Crippen molar-refractivity contribution in [1.82, 2.24) is 4.98 Å². The summed E-state index contributed by atoms with van der Waals surface area (Å²) in [6.07, 6.45) is 1.23. The van der Waals surface area contributed by atoms with E-state index in [1.807, 2.05) is 27.7 Å². The highest BCUT2D eigenvalue weighted by Gasteiger charge is 2.24. The Morgan fingerprint density at radius 2 is 1.93 bits per heavy atom. The van der Waals surface area contributed by atoms with E-state index in [9.17, 15) is 18.5 Å². The van der Waals surface area contributed by atoms with Crippen molar-refractivity contribution >= 4 is 33.0 Å². The number of carbonyl (C=O) groups excluding carboxylic acids is 1. The van der Waals surface area contributed by atoms with Gasteiger partial charge in [0.25, 0.3) is 0 Å². The number of thiazole rings is 1. The van der Waals surface area contributed by atoms with Gasteiger partial charge in [-0.2, -0.15) is 0 Å². The summed E-state index contributed by atoms with van der Waals surface area (Å²) in [6.45, 7) is 10.5. The Morgan fingerprint density at radius 3 is 2.41 bits per heavy atom. The Morgan fingerprint density at radius 1 is 1.31 bits per heavy atom. The first-order valence-electron chi connectivity index (χ1n) is 9.11. The van der Waals surface area contributed by atoms with Crippen LogP contribution < -0.4 is 10.5 Å². The third-order valence-corrected chi connectivity index (χ3v) is 7.36. The molecule has 0 unspecified atom stereocenters. The van der Waals surface area contributed by atoms with Crippen molar-refractivity contribution in [3.63, 3.8) is 0 Å². The second kappa shape index (κ2) is 8.47. The Kier molecular flexibility index (Phi) is 6.83. The first-order valence-corrected chi connectivity index (χ1v) is 11.5. The lowest BCUT2D eigenvalue weighted by Gasteiger charge is -2.20. The highest BCUT2D eigenvalue weighted by molar-refractivity contribution is 7.93. The van der Waals surface area contributed by atoms with Crippen LogP contribution in [-0.2, 0) is 15.5 Å². The van der Waals surface area contributed by atoms with Crippen molar-refractivity contribution < 1.29 is 18.5 Å². The zero-order valence-corrected chi connectivity index (χ0v) is 18.9. The van der Waals surface area contributed by atoms with Crippen LogP contribution in [0.15, 0.2) is 26.9 Å². The van der Waals surface area contributed by atoms with Crippen LogP contribution in [0.1, 0.15) is 69.5 Å². The zero-order valence-electron chi connectivity index (χ0n) is 17.3. The van der Waals surface area contributed by atoms with E-state index in [2.05, 4.69) is 14.7 Å². The van der Waals surface area contributed by atoms with E-state index in [0.29, 0.717) is 16.3 Å². The third-order valence-electron chi connectivity index (χ3n) is 4.17. The molecule has 2 aromatic rings. The molecule has 1 aromatic heterocycles. The average molecular weight is 443 g/mol. The van der Waals surface area contributed by atoms with Crippen molar-refractivity contribution in [2.45, 2.75) is 63.2 Å². The fourth-order valence-corrected chi connectivity index (χ4v) is 4.83. The van der Waals surface area contributed by atoms with Crippen LogP contribution in [-0.4, -0.2) is 20.3 Å². The monoisotopic (exact) mass is 442 g/mol. The van der Waals surface area contributed by atoms with Crippen LogP contribution in [0.5, 0.6) is 0 Å². The predicted molar refractivity (Wildman–Crippen MR) is 114 cm³/mol. The summed E-state index contributed by atoms with van der Waals surface area (Å²) in [4.78, 5) is 16.5. The molecule has 0 spiro atoms. The highest BCUT2D eigenvalue weighted by atomic mass is 32.2. The van der Waals surface area contributed by atoms with Crippen LogP contribution in [0.4, 0.5) is 14.9 Å². The summed E-state index contributed by atoms with van der Waals surface area (Å²) in [7, 11) is -3.58. The predicted octanol–water partition coefficient (Wildman–Crippen LogP) is 4.69. The topological polar surface area (TPSA) is 118 Å². The van der Waals surface area contributed by atoms with E-state index < -0.39 is 27.4 Å². The molecule has 0 radical (unpaired) electrons. The number of aromatic nitrogens is 1. The van der Waals surface area contributed by atoms with Crippen molar-refractivity contribution in [2.75, 3.05) is 5.32 Å². The third kappa shape index (κ3) is 5.39. The molecule has 0 saturated carbocycles. The lowest BCUT2D eigenvalue weighted by Crippen LogP contribution is -2.19. The lowest BCUT2D eigenvalue weighted by molar-refractivity contribution is 0.0783. The standard InChI is InChI=1S/C19H27FN4O3S2/c1-10(2)12-7-8-13(20)15(11(3)4)16(12)23-18(25)24-29(21,27)14-9-22-17(28-14)19(5,6)26/h7-11,26H,1-6H3,(H3,21,23,24,25,27)/t29-/m0/s1. The maximum Gasteiger partial charge on any atom is 0.354 e. The summed E-state index contributed by atoms with van der Waals surface area (Å²) in [5.41, 5.74) is 0.177. The van der Waals surface area contributed by atoms with Gasteiger partial charge in [-0.3, -0.25) is 0 Å². The summed E-state index contributed by atoms with van der Waals surface area (Å²) in [5, 5.41) is 18.7. The van der Waals surface area contributed by atoms with E-state index in [4.69, 9.17) is 5.14 Å². The van der Waals surface area contributed by atoms with Gasteiger partial charge in [0.2, 0.25) is 0 Å². The van der Waals surface area contributed by atoms with Gasteiger partial charge in [-0.25, -0.2) is 23.5 Å². The molecule has 1 heterocycles. The summed E-state index contributed by atoms with van der Waals surface area (Å²) in [6, 6.07) is 2.05. The van der Waals surface area contributed by atoms with Gasteiger partial charge in [0, 0.05) is 5.56 Å². The lowest BCUT2D eigenvalue weighted by atomic mass is 9.92. The molecular formula is C19H27FN4O3S2. The number of benzene rings is 1.